The highest BCUT2D eigenvalue weighted by Gasteiger charge is 2.29. The molecule has 0 heterocycles. The molecule has 0 saturated heterocycles. The lowest BCUT2D eigenvalue weighted by atomic mass is 9.99. The summed E-state index contributed by atoms with van der Waals surface area (Å²) in [4.78, 5) is 26.3. The molecule has 7 nitrogen and oxygen atoms in total. The second kappa shape index (κ2) is 10.8. The van der Waals surface area contributed by atoms with Crippen molar-refractivity contribution in [3.63, 3.8) is 0 Å². The Morgan fingerprint density at radius 1 is 1.28 bits per heavy atom. The number of amides is 1. The number of hydrogen-bond acceptors (Lipinski definition) is 6. The number of ether oxygens (including phenoxy) is 2. The van der Waals surface area contributed by atoms with Crippen molar-refractivity contribution < 1.29 is 24.2 Å². The number of nitrogens with one attached hydrogen (secondary N) is 1. The fourth-order valence-corrected chi connectivity index (χ4v) is 3.44. The summed E-state index contributed by atoms with van der Waals surface area (Å²) in [6.45, 7) is 9.00. The van der Waals surface area contributed by atoms with Crippen LogP contribution in [0.15, 0.2) is 22.7 Å². The average molecular weight is 473 g/mol. The van der Waals surface area contributed by atoms with E-state index in [9.17, 15) is 14.7 Å². The van der Waals surface area contributed by atoms with Crippen LogP contribution in [0.1, 0.15) is 40.2 Å². The SMILES string of the molecule is COC(=O)[C@H](C(C)C)N(C)c1cc(Br)ccc1CC(CO)NC(=O)OC(C)(C)C. The minimum Gasteiger partial charge on any atom is -0.467 e. The van der Waals surface area contributed by atoms with E-state index in [1.54, 1.807) is 20.8 Å². The van der Waals surface area contributed by atoms with Crippen LogP contribution in [0.2, 0.25) is 0 Å². The first kappa shape index (κ1) is 25.2. The number of methoxy groups -OCH3 is 1. The van der Waals surface area contributed by atoms with Crippen molar-refractivity contribution in [2.24, 2.45) is 5.92 Å². The summed E-state index contributed by atoms with van der Waals surface area (Å²) in [7, 11) is 3.21. The third-order valence-corrected chi connectivity index (χ3v) is 4.82. The van der Waals surface area contributed by atoms with Crippen molar-refractivity contribution >= 4 is 33.7 Å². The molecule has 1 aromatic rings. The normalized spacial score (nSPS) is 13.6. The van der Waals surface area contributed by atoms with Crippen molar-refractivity contribution in [2.75, 3.05) is 25.7 Å². The molecule has 0 aliphatic heterocycles. The van der Waals surface area contributed by atoms with Gasteiger partial charge in [-0.25, -0.2) is 9.59 Å². The van der Waals surface area contributed by atoms with Gasteiger partial charge in [0.05, 0.1) is 19.8 Å². The van der Waals surface area contributed by atoms with Gasteiger partial charge in [-0.2, -0.15) is 0 Å². The molecule has 0 saturated carbocycles. The number of aliphatic hydroxyl groups is 1. The van der Waals surface area contributed by atoms with E-state index in [1.807, 2.05) is 44.0 Å². The minimum absolute atomic E-state index is 0.0211. The maximum atomic E-state index is 12.3. The van der Waals surface area contributed by atoms with Crippen LogP contribution in [0.25, 0.3) is 0 Å². The highest BCUT2D eigenvalue weighted by molar-refractivity contribution is 9.10. The van der Waals surface area contributed by atoms with Crippen LogP contribution < -0.4 is 10.2 Å². The van der Waals surface area contributed by atoms with E-state index in [1.165, 1.54) is 7.11 Å². The Morgan fingerprint density at radius 3 is 2.38 bits per heavy atom. The molecule has 0 aromatic heterocycles. The Kier molecular flexibility index (Phi) is 9.42. The van der Waals surface area contributed by atoms with Gasteiger partial charge >= 0.3 is 12.1 Å². The van der Waals surface area contributed by atoms with E-state index >= 15 is 0 Å². The van der Waals surface area contributed by atoms with Crippen LogP contribution in [0.5, 0.6) is 0 Å². The fraction of sp³-hybridized carbons (Fsp3) is 0.619. The highest BCUT2D eigenvalue weighted by Crippen LogP contribution is 2.29. The molecule has 2 atom stereocenters. The number of nitrogens with zero attached hydrogens (tertiary/aromatic N) is 1. The zero-order valence-electron chi connectivity index (χ0n) is 18.3. The molecule has 29 heavy (non-hydrogen) atoms. The Labute approximate surface area is 181 Å². The van der Waals surface area contributed by atoms with Crippen molar-refractivity contribution in [1.29, 1.82) is 0 Å². The zero-order chi connectivity index (χ0) is 22.4. The van der Waals surface area contributed by atoms with Crippen LogP contribution in [0, 0.1) is 5.92 Å². The molecule has 0 aliphatic carbocycles. The molecular weight excluding hydrogens is 440 g/mol. The summed E-state index contributed by atoms with van der Waals surface area (Å²) in [5.41, 5.74) is 1.06. The quantitative estimate of drug-likeness (QED) is 0.562. The maximum absolute atomic E-state index is 12.3. The van der Waals surface area contributed by atoms with Crippen LogP contribution in [-0.2, 0) is 20.7 Å². The van der Waals surface area contributed by atoms with Gasteiger partial charge in [-0.3, -0.25) is 0 Å². The second-order valence-electron chi connectivity index (χ2n) is 8.33. The summed E-state index contributed by atoms with van der Waals surface area (Å²) in [5.74, 6) is -0.299. The predicted molar refractivity (Wildman–Crippen MR) is 117 cm³/mol. The van der Waals surface area contributed by atoms with Gasteiger partial charge in [0.2, 0.25) is 0 Å². The van der Waals surface area contributed by atoms with E-state index in [4.69, 9.17) is 9.47 Å². The standard InChI is InChI=1S/C21H33BrN2O5/c1-13(2)18(19(26)28-7)24(6)17-11-15(22)9-8-14(17)10-16(12-25)23-20(27)29-21(3,4)5/h8-9,11,13,16,18,25H,10,12H2,1-7H3,(H,23,27)/t16?,18-/m0/s1. The highest BCUT2D eigenvalue weighted by atomic mass is 79.9. The Balaban J connectivity index is 3.13. The fourth-order valence-electron chi connectivity index (χ4n) is 3.09. The molecule has 0 spiro atoms. The predicted octanol–water partition coefficient (Wildman–Crippen LogP) is 3.51. The van der Waals surface area contributed by atoms with Gasteiger partial charge in [-0.15, -0.1) is 0 Å². The number of anilines is 1. The van der Waals surface area contributed by atoms with Crippen LogP contribution >= 0.6 is 15.9 Å². The Hall–Kier alpha value is -1.80. The number of benzene rings is 1. The third-order valence-electron chi connectivity index (χ3n) is 4.33. The number of carbonyl (C=O) groups excluding carboxylic acids is 2. The van der Waals surface area contributed by atoms with Crippen LogP contribution in [0.4, 0.5) is 10.5 Å². The van der Waals surface area contributed by atoms with E-state index in [-0.39, 0.29) is 18.5 Å². The van der Waals surface area contributed by atoms with Gasteiger partial charge in [0, 0.05) is 17.2 Å². The Bertz CT molecular complexity index is 703. The molecule has 1 amide bonds. The molecular formula is C21H33BrN2O5. The molecule has 0 bridgehead atoms. The molecule has 0 radical (unpaired) electrons. The monoisotopic (exact) mass is 472 g/mol. The molecule has 0 aliphatic rings. The van der Waals surface area contributed by atoms with Crippen molar-refractivity contribution in [3.8, 4) is 0 Å². The molecule has 1 aromatic carbocycles. The molecule has 0 fully saturated rings. The number of alkyl carbamates (subject to hydrolysis) is 1. The maximum Gasteiger partial charge on any atom is 0.407 e. The second-order valence-corrected chi connectivity index (χ2v) is 9.24. The number of likely N-dealkylation sites (N-methyl/N-ethyl adjacent to an activating group) is 1. The van der Waals surface area contributed by atoms with Crippen LogP contribution in [-0.4, -0.2) is 55.6 Å². The summed E-state index contributed by atoms with van der Waals surface area (Å²) < 4.78 is 11.1. The van der Waals surface area contributed by atoms with Gasteiger partial charge in [0.15, 0.2) is 0 Å². The number of rotatable bonds is 8. The zero-order valence-corrected chi connectivity index (χ0v) is 19.9. The summed E-state index contributed by atoms with van der Waals surface area (Å²) in [6, 6.07) is 4.70. The summed E-state index contributed by atoms with van der Waals surface area (Å²) in [5, 5.41) is 12.5. The molecule has 1 rings (SSSR count). The van der Waals surface area contributed by atoms with Gasteiger partial charge in [-0.05, 0) is 50.8 Å². The number of aliphatic hydroxyl groups excluding tert-OH is 1. The first-order valence-electron chi connectivity index (χ1n) is 9.59. The van der Waals surface area contributed by atoms with Gasteiger partial charge in [-0.1, -0.05) is 35.8 Å². The number of esters is 1. The average Bonchev–Trinajstić information content (AvgIpc) is 2.60. The first-order chi connectivity index (χ1) is 13.4. The van der Waals surface area contributed by atoms with Gasteiger partial charge < -0.3 is 24.8 Å². The lowest BCUT2D eigenvalue weighted by Gasteiger charge is -2.33. The van der Waals surface area contributed by atoms with Gasteiger partial charge in [0.25, 0.3) is 0 Å². The van der Waals surface area contributed by atoms with Gasteiger partial charge in [0.1, 0.15) is 11.6 Å². The molecule has 2 N–H and O–H groups in total. The van der Waals surface area contributed by atoms with Crippen LogP contribution in [0.3, 0.4) is 0 Å². The number of hydrogen-bond donors (Lipinski definition) is 2. The Morgan fingerprint density at radius 2 is 1.90 bits per heavy atom. The van der Waals surface area contributed by atoms with E-state index in [0.717, 1.165) is 15.7 Å². The smallest absolute Gasteiger partial charge is 0.407 e. The molecule has 164 valence electrons. The lowest BCUT2D eigenvalue weighted by Crippen LogP contribution is -2.45. The van der Waals surface area contributed by atoms with Crippen molar-refractivity contribution in [1.82, 2.24) is 5.32 Å². The summed E-state index contributed by atoms with van der Waals surface area (Å²) >= 11 is 3.48. The summed E-state index contributed by atoms with van der Waals surface area (Å²) in [6.07, 6.45) is -0.215. The van der Waals surface area contributed by atoms with E-state index < -0.39 is 23.8 Å². The number of halogens is 1. The minimum atomic E-state index is -0.627. The molecule has 8 heteroatoms. The first-order valence-corrected chi connectivity index (χ1v) is 10.4. The third kappa shape index (κ3) is 7.85. The van der Waals surface area contributed by atoms with E-state index in [2.05, 4.69) is 21.2 Å². The van der Waals surface area contributed by atoms with Crippen molar-refractivity contribution in [3.05, 3.63) is 28.2 Å². The largest absolute Gasteiger partial charge is 0.467 e. The van der Waals surface area contributed by atoms with Crippen molar-refractivity contribution in [2.45, 2.75) is 58.7 Å². The van der Waals surface area contributed by atoms with E-state index in [0.29, 0.717) is 6.42 Å². The molecule has 1 unspecified atom stereocenters. The topological polar surface area (TPSA) is 88.1 Å². The lowest BCUT2D eigenvalue weighted by molar-refractivity contribution is -0.143. The number of carbonyl (C=O) groups is 2.